The molecule has 0 saturated carbocycles. The molecule has 7 nitrogen and oxygen atoms in total. The lowest BCUT2D eigenvalue weighted by molar-refractivity contribution is 0.100. The van der Waals surface area contributed by atoms with Crippen molar-refractivity contribution >= 4 is 23.2 Å². The molecule has 158 valence electrons. The first-order valence-electron chi connectivity index (χ1n) is 9.85. The summed E-state index contributed by atoms with van der Waals surface area (Å²) >= 11 is 0. The van der Waals surface area contributed by atoms with Crippen molar-refractivity contribution in [1.29, 1.82) is 0 Å². The number of carbonyl (C=O) groups is 1. The standard InChI is InChI=1S/C23H29N5O2/c1-13-10-15(11-14(2)19(13)29)12-25-21-18(20(24)30)22(28-27-21)26-17-8-6-16(7-9-17)23(3,4)5/h6-11,29H,12H2,1-5H3,(H2,24,30)(H3,25,26,27,28). The molecule has 3 rings (SSSR count). The van der Waals surface area contributed by atoms with E-state index in [0.29, 0.717) is 23.9 Å². The number of aromatic hydroxyl groups is 1. The highest BCUT2D eigenvalue weighted by atomic mass is 16.3. The van der Waals surface area contributed by atoms with Gasteiger partial charge in [-0.3, -0.25) is 9.89 Å². The molecular weight excluding hydrogens is 378 g/mol. The molecule has 0 spiro atoms. The zero-order valence-electron chi connectivity index (χ0n) is 18.1. The van der Waals surface area contributed by atoms with Gasteiger partial charge in [-0.15, -0.1) is 0 Å². The summed E-state index contributed by atoms with van der Waals surface area (Å²) < 4.78 is 0. The molecule has 3 aromatic rings. The van der Waals surface area contributed by atoms with Crippen LogP contribution in [-0.2, 0) is 12.0 Å². The monoisotopic (exact) mass is 407 g/mol. The van der Waals surface area contributed by atoms with Crippen LogP contribution < -0.4 is 16.4 Å². The molecule has 0 radical (unpaired) electrons. The van der Waals surface area contributed by atoms with Crippen LogP contribution >= 0.6 is 0 Å². The Kier molecular flexibility index (Phi) is 5.73. The first-order chi connectivity index (χ1) is 14.1. The van der Waals surface area contributed by atoms with Crippen molar-refractivity contribution in [3.63, 3.8) is 0 Å². The van der Waals surface area contributed by atoms with Crippen molar-refractivity contribution in [1.82, 2.24) is 10.2 Å². The lowest BCUT2D eigenvalue weighted by Crippen LogP contribution is -2.15. The molecule has 0 unspecified atom stereocenters. The van der Waals surface area contributed by atoms with Crippen LogP contribution in [0.2, 0.25) is 0 Å². The van der Waals surface area contributed by atoms with Gasteiger partial charge in [0.25, 0.3) is 5.91 Å². The molecular formula is C23H29N5O2. The third-order valence-corrected chi connectivity index (χ3v) is 5.04. The highest BCUT2D eigenvalue weighted by Crippen LogP contribution is 2.28. The number of hydrogen-bond acceptors (Lipinski definition) is 5. The van der Waals surface area contributed by atoms with Gasteiger partial charge in [0.2, 0.25) is 0 Å². The van der Waals surface area contributed by atoms with Gasteiger partial charge in [0.1, 0.15) is 17.1 Å². The second-order valence-electron chi connectivity index (χ2n) is 8.57. The summed E-state index contributed by atoms with van der Waals surface area (Å²) in [5, 5.41) is 23.3. The van der Waals surface area contributed by atoms with Crippen molar-refractivity contribution in [3.05, 3.63) is 64.2 Å². The van der Waals surface area contributed by atoms with Crippen LogP contribution in [0.25, 0.3) is 0 Å². The van der Waals surface area contributed by atoms with Crippen LogP contribution in [0.3, 0.4) is 0 Å². The molecule has 0 fully saturated rings. The molecule has 1 amide bonds. The Morgan fingerprint density at radius 2 is 1.73 bits per heavy atom. The van der Waals surface area contributed by atoms with Crippen molar-refractivity contribution in [2.75, 3.05) is 10.6 Å². The number of phenolic OH excluding ortho intramolecular Hbond substituents is 1. The number of anilines is 3. The number of aromatic nitrogens is 2. The maximum atomic E-state index is 12.1. The number of primary amides is 1. The zero-order chi connectivity index (χ0) is 22.1. The third-order valence-electron chi connectivity index (χ3n) is 5.04. The second kappa shape index (κ2) is 8.10. The topological polar surface area (TPSA) is 116 Å². The number of nitrogens with one attached hydrogen (secondary N) is 3. The van der Waals surface area contributed by atoms with E-state index in [9.17, 15) is 9.90 Å². The van der Waals surface area contributed by atoms with Gasteiger partial charge in [0.05, 0.1) is 0 Å². The number of rotatable bonds is 6. The Morgan fingerprint density at radius 1 is 1.13 bits per heavy atom. The van der Waals surface area contributed by atoms with E-state index in [-0.39, 0.29) is 11.0 Å². The van der Waals surface area contributed by atoms with Crippen LogP contribution in [0, 0.1) is 13.8 Å². The minimum atomic E-state index is -0.585. The van der Waals surface area contributed by atoms with Crippen LogP contribution in [0.1, 0.15) is 53.4 Å². The van der Waals surface area contributed by atoms with Crippen molar-refractivity contribution in [2.24, 2.45) is 5.73 Å². The normalized spacial score (nSPS) is 11.4. The second-order valence-corrected chi connectivity index (χ2v) is 8.57. The number of H-pyrrole nitrogens is 1. The van der Waals surface area contributed by atoms with Gasteiger partial charge < -0.3 is 21.5 Å². The summed E-state index contributed by atoms with van der Waals surface area (Å²) in [5.41, 5.74) is 10.5. The molecule has 2 aromatic carbocycles. The predicted molar refractivity (Wildman–Crippen MR) is 120 cm³/mol. The van der Waals surface area contributed by atoms with Gasteiger partial charge in [-0.05, 0) is 53.6 Å². The molecule has 0 aliphatic rings. The minimum absolute atomic E-state index is 0.0624. The number of aromatic amines is 1. The van der Waals surface area contributed by atoms with Gasteiger partial charge in [-0.2, -0.15) is 5.10 Å². The van der Waals surface area contributed by atoms with E-state index in [2.05, 4.69) is 53.7 Å². The van der Waals surface area contributed by atoms with E-state index in [0.717, 1.165) is 22.4 Å². The maximum Gasteiger partial charge on any atom is 0.256 e. The molecule has 1 heterocycles. The molecule has 0 bridgehead atoms. The SMILES string of the molecule is Cc1cc(CNc2n[nH]c(Nc3ccc(C(C)(C)C)cc3)c2C(N)=O)cc(C)c1O. The summed E-state index contributed by atoms with van der Waals surface area (Å²) in [7, 11) is 0. The number of nitrogens with two attached hydrogens (primary N) is 1. The van der Waals surface area contributed by atoms with Gasteiger partial charge in [0, 0.05) is 12.2 Å². The van der Waals surface area contributed by atoms with Gasteiger partial charge in [0.15, 0.2) is 5.82 Å². The van der Waals surface area contributed by atoms with E-state index in [1.165, 1.54) is 5.56 Å². The largest absolute Gasteiger partial charge is 0.507 e. The number of phenols is 1. The van der Waals surface area contributed by atoms with E-state index in [1.807, 2.05) is 38.1 Å². The molecule has 0 saturated heterocycles. The smallest absolute Gasteiger partial charge is 0.256 e. The summed E-state index contributed by atoms with van der Waals surface area (Å²) in [6, 6.07) is 11.8. The zero-order valence-corrected chi connectivity index (χ0v) is 18.1. The lowest BCUT2D eigenvalue weighted by Gasteiger charge is -2.19. The summed E-state index contributed by atoms with van der Waals surface area (Å²) in [6.45, 7) is 10.6. The molecule has 0 aliphatic heterocycles. The maximum absolute atomic E-state index is 12.1. The van der Waals surface area contributed by atoms with Crippen molar-refractivity contribution < 1.29 is 9.90 Å². The van der Waals surface area contributed by atoms with E-state index < -0.39 is 5.91 Å². The number of amides is 1. The molecule has 0 atom stereocenters. The lowest BCUT2D eigenvalue weighted by atomic mass is 9.87. The van der Waals surface area contributed by atoms with Gasteiger partial charge >= 0.3 is 0 Å². The number of aryl methyl sites for hydroxylation is 2. The number of hydrogen-bond donors (Lipinski definition) is 5. The molecule has 30 heavy (non-hydrogen) atoms. The Balaban J connectivity index is 1.79. The van der Waals surface area contributed by atoms with Crippen LogP contribution in [0.15, 0.2) is 36.4 Å². The van der Waals surface area contributed by atoms with Crippen molar-refractivity contribution in [3.8, 4) is 5.75 Å². The molecule has 6 N–H and O–H groups in total. The van der Waals surface area contributed by atoms with E-state index >= 15 is 0 Å². The summed E-state index contributed by atoms with van der Waals surface area (Å²) in [4.78, 5) is 12.1. The Morgan fingerprint density at radius 3 is 2.27 bits per heavy atom. The highest BCUT2D eigenvalue weighted by molar-refractivity contribution is 6.03. The fourth-order valence-electron chi connectivity index (χ4n) is 3.33. The number of carbonyl (C=O) groups excluding carboxylic acids is 1. The number of benzene rings is 2. The molecule has 0 aliphatic carbocycles. The average Bonchev–Trinajstić information content (AvgIpc) is 3.06. The number of nitrogens with zero attached hydrogens (tertiary/aromatic N) is 1. The highest BCUT2D eigenvalue weighted by Gasteiger charge is 2.19. The quantitative estimate of drug-likeness (QED) is 0.413. The first-order valence-corrected chi connectivity index (χ1v) is 9.85. The van der Waals surface area contributed by atoms with Crippen LogP contribution in [-0.4, -0.2) is 21.2 Å². The molecule has 7 heteroatoms. The van der Waals surface area contributed by atoms with E-state index in [4.69, 9.17) is 5.73 Å². The Bertz CT molecular complexity index is 1040. The van der Waals surface area contributed by atoms with Gasteiger partial charge in [-0.1, -0.05) is 45.0 Å². The van der Waals surface area contributed by atoms with Crippen LogP contribution in [0.5, 0.6) is 5.75 Å². The predicted octanol–water partition coefficient (Wildman–Crippen LogP) is 4.48. The van der Waals surface area contributed by atoms with Crippen molar-refractivity contribution in [2.45, 2.75) is 46.6 Å². The Labute approximate surface area is 176 Å². The average molecular weight is 408 g/mol. The summed E-state index contributed by atoms with van der Waals surface area (Å²) in [6.07, 6.45) is 0. The summed E-state index contributed by atoms with van der Waals surface area (Å²) in [5.74, 6) is 0.518. The van der Waals surface area contributed by atoms with E-state index in [1.54, 1.807) is 0 Å². The fraction of sp³-hybridized carbons (Fsp3) is 0.304. The van der Waals surface area contributed by atoms with Crippen LogP contribution in [0.4, 0.5) is 17.3 Å². The van der Waals surface area contributed by atoms with Gasteiger partial charge in [-0.25, -0.2) is 0 Å². The third kappa shape index (κ3) is 4.56. The minimum Gasteiger partial charge on any atom is -0.507 e. The molecule has 1 aromatic heterocycles. The Hall–Kier alpha value is -3.48. The first kappa shape index (κ1) is 21.2. The fourth-order valence-corrected chi connectivity index (χ4v) is 3.33.